The number of ether oxygens (including phenoxy) is 1. The van der Waals surface area contributed by atoms with Crippen LogP contribution in [0.1, 0.15) is 24.3 Å². The van der Waals surface area contributed by atoms with Gasteiger partial charge < -0.3 is 14.1 Å². The van der Waals surface area contributed by atoms with E-state index in [1.54, 1.807) is 11.9 Å². The SMILES string of the molecule is C[C@H](c1cc2ccccc2o1)N(C)C(=O)[C@@H]1Cc2ccccc2O1. The molecule has 0 spiro atoms. The molecule has 4 heteroatoms. The number of hydrogen-bond donors (Lipinski definition) is 0. The van der Waals surface area contributed by atoms with Crippen molar-refractivity contribution in [3.8, 4) is 5.75 Å². The Morgan fingerprint density at radius 2 is 1.92 bits per heavy atom. The number of carbonyl (C=O) groups excluding carboxylic acids is 1. The van der Waals surface area contributed by atoms with E-state index in [0.29, 0.717) is 6.42 Å². The summed E-state index contributed by atoms with van der Waals surface area (Å²) in [5, 5.41) is 1.05. The first-order valence-corrected chi connectivity index (χ1v) is 8.13. The minimum atomic E-state index is -0.459. The molecule has 2 aromatic carbocycles. The van der Waals surface area contributed by atoms with E-state index in [-0.39, 0.29) is 11.9 Å². The summed E-state index contributed by atoms with van der Waals surface area (Å²) in [4.78, 5) is 14.5. The van der Waals surface area contributed by atoms with E-state index < -0.39 is 6.10 Å². The van der Waals surface area contributed by atoms with Crippen LogP contribution in [0.2, 0.25) is 0 Å². The lowest BCUT2D eigenvalue weighted by Crippen LogP contribution is -2.40. The molecule has 2 heterocycles. The molecule has 0 aliphatic carbocycles. The van der Waals surface area contributed by atoms with E-state index in [9.17, 15) is 4.79 Å². The van der Waals surface area contributed by atoms with Crippen LogP contribution < -0.4 is 4.74 Å². The molecule has 0 radical (unpaired) electrons. The quantitative estimate of drug-likeness (QED) is 0.733. The number of hydrogen-bond acceptors (Lipinski definition) is 3. The average Bonchev–Trinajstić information content (AvgIpc) is 3.23. The summed E-state index contributed by atoms with van der Waals surface area (Å²) in [6, 6.07) is 17.5. The van der Waals surface area contributed by atoms with Gasteiger partial charge in [-0.1, -0.05) is 36.4 Å². The first-order valence-electron chi connectivity index (χ1n) is 8.13. The van der Waals surface area contributed by atoms with Crippen molar-refractivity contribution in [2.45, 2.75) is 25.5 Å². The van der Waals surface area contributed by atoms with Gasteiger partial charge in [0.25, 0.3) is 5.91 Å². The fourth-order valence-electron chi connectivity index (χ4n) is 3.14. The van der Waals surface area contributed by atoms with Gasteiger partial charge in [-0.25, -0.2) is 0 Å². The molecule has 4 nitrogen and oxygen atoms in total. The van der Waals surface area contributed by atoms with Crippen molar-refractivity contribution in [2.24, 2.45) is 0 Å². The molecule has 1 aliphatic rings. The molecule has 0 bridgehead atoms. The molecule has 1 aromatic heterocycles. The number of fused-ring (bicyclic) bond motifs is 2. The summed E-state index contributed by atoms with van der Waals surface area (Å²) < 4.78 is 11.7. The van der Waals surface area contributed by atoms with Crippen molar-refractivity contribution in [2.75, 3.05) is 7.05 Å². The van der Waals surface area contributed by atoms with Crippen LogP contribution in [-0.2, 0) is 11.2 Å². The molecule has 0 N–H and O–H groups in total. The monoisotopic (exact) mass is 321 g/mol. The molecule has 122 valence electrons. The normalized spacial score (nSPS) is 17.3. The van der Waals surface area contributed by atoms with E-state index in [1.165, 1.54) is 0 Å². The van der Waals surface area contributed by atoms with Gasteiger partial charge in [0.05, 0.1) is 6.04 Å². The molecule has 0 saturated heterocycles. The maximum Gasteiger partial charge on any atom is 0.264 e. The Morgan fingerprint density at radius 3 is 2.71 bits per heavy atom. The Labute approximate surface area is 140 Å². The van der Waals surface area contributed by atoms with Crippen molar-refractivity contribution in [1.82, 2.24) is 4.90 Å². The second-order valence-corrected chi connectivity index (χ2v) is 6.23. The lowest BCUT2D eigenvalue weighted by Gasteiger charge is -2.25. The second kappa shape index (κ2) is 5.71. The fraction of sp³-hybridized carbons (Fsp3) is 0.250. The molecule has 3 aromatic rings. The average molecular weight is 321 g/mol. The number of rotatable bonds is 3. The Balaban J connectivity index is 1.52. The summed E-state index contributed by atoms with van der Waals surface area (Å²) in [5.74, 6) is 1.56. The van der Waals surface area contributed by atoms with E-state index in [0.717, 1.165) is 28.0 Å². The lowest BCUT2D eigenvalue weighted by atomic mass is 10.1. The van der Waals surface area contributed by atoms with Crippen LogP contribution >= 0.6 is 0 Å². The number of para-hydroxylation sites is 2. The maximum absolute atomic E-state index is 12.8. The van der Waals surface area contributed by atoms with Gasteiger partial charge in [-0.05, 0) is 30.7 Å². The molecule has 0 unspecified atom stereocenters. The van der Waals surface area contributed by atoms with Gasteiger partial charge in [-0.15, -0.1) is 0 Å². The molecular formula is C20H19NO3. The number of carbonyl (C=O) groups is 1. The third-order valence-corrected chi connectivity index (χ3v) is 4.71. The predicted molar refractivity (Wildman–Crippen MR) is 92.0 cm³/mol. The van der Waals surface area contributed by atoms with Crippen LogP contribution in [0.5, 0.6) is 5.75 Å². The smallest absolute Gasteiger partial charge is 0.264 e. The zero-order valence-corrected chi connectivity index (χ0v) is 13.7. The van der Waals surface area contributed by atoms with Crippen molar-refractivity contribution in [1.29, 1.82) is 0 Å². The van der Waals surface area contributed by atoms with Crippen LogP contribution in [0, 0.1) is 0 Å². The van der Waals surface area contributed by atoms with Gasteiger partial charge in [0, 0.05) is 18.9 Å². The Bertz CT molecular complexity index is 841. The third kappa shape index (κ3) is 2.44. The zero-order chi connectivity index (χ0) is 16.7. The molecule has 0 saturated carbocycles. The van der Waals surface area contributed by atoms with Crippen LogP contribution in [0.3, 0.4) is 0 Å². The van der Waals surface area contributed by atoms with Crippen LogP contribution in [-0.4, -0.2) is 24.0 Å². The molecule has 24 heavy (non-hydrogen) atoms. The van der Waals surface area contributed by atoms with E-state index in [1.807, 2.05) is 61.5 Å². The summed E-state index contributed by atoms with van der Waals surface area (Å²) in [5.41, 5.74) is 1.92. The third-order valence-electron chi connectivity index (χ3n) is 4.71. The van der Waals surface area contributed by atoms with Crippen LogP contribution in [0.25, 0.3) is 11.0 Å². The minimum absolute atomic E-state index is 0.0286. The highest BCUT2D eigenvalue weighted by molar-refractivity contribution is 5.83. The standard InChI is InChI=1S/C20H19NO3/c1-13(18-11-14-7-3-5-9-16(14)23-18)21(2)20(22)19-12-15-8-4-6-10-17(15)24-19/h3-11,13,19H,12H2,1-2H3/t13-,19+/m1/s1. The number of likely N-dealkylation sites (N-methyl/N-ethyl adjacent to an activating group) is 1. The first-order chi connectivity index (χ1) is 11.6. The summed E-state index contributed by atoms with van der Waals surface area (Å²) >= 11 is 0. The van der Waals surface area contributed by atoms with Crippen LogP contribution in [0.4, 0.5) is 0 Å². The maximum atomic E-state index is 12.8. The van der Waals surface area contributed by atoms with Gasteiger partial charge in [0.2, 0.25) is 0 Å². The van der Waals surface area contributed by atoms with Crippen molar-refractivity contribution in [3.63, 3.8) is 0 Å². The predicted octanol–water partition coefficient (Wildman–Crippen LogP) is 3.96. The topological polar surface area (TPSA) is 42.7 Å². The summed E-state index contributed by atoms with van der Waals surface area (Å²) in [6.07, 6.45) is 0.158. The first kappa shape index (κ1) is 14.8. The Hall–Kier alpha value is -2.75. The highest BCUT2D eigenvalue weighted by atomic mass is 16.5. The van der Waals surface area contributed by atoms with E-state index >= 15 is 0 Å². The molecule has 2 atom stereocenters. The number of nitrogens with zero attached hydrogens (tertiary/aromatic N) is 1. The Kier molecular flexibility index (Phi) is 3.53. The van der Waals surface area contributed by atoms with Gasteiger partial charge in [0.1, 0.15) is 17.1 Å². The lowest BCUT2D eigenvalue weighted by molar-refractivity contribution is -0.138. The van der Waals surface area contributed by atoms with Gasteiger partial charge in [-0.3, -0.25) is 4.79 Å². The number of furan rings is 1. The number of benzene rings is 2. The van der Waals surface area contributed by atoms with Gasteiger partial charge >= 0.3 is 0 Å². The largest absolute Gasteiger partial charge is 0.480 e. The van der Waals surface area contributed by atoms with Gasteiger partial charge in [0.15, 0.2) is 6.10 Å². The van der Waals surface area contributed by atoms with E-state index in [2.05, 4.69) is 0 Å². The van der Waals surface area contributed by atoms with E-state index in [4.69, 9.17) is 9.15 Å². The van der Waals surface area contributed by atoms with Crippen molar-refractivity contribution in [3.05, 3.63) is 65.9 Å². The summed E-state index contributed by atoms with van der Waals surface area (Å²) in [6.45, 7) is 1.97. The molecule has 4 rings (SSSR count). The van der Waals surface area contributed by atoms with Crippen molar-refractivity contribution >= 4 is 16.9 Å². The highest BCUT2D eigenvalue weighted by Gasteiger charge is 2.33. The molecule has 1 amide bonds. The Morgan fingerprint density at radius 1 is 1.17 bits per heavy atom. The van der Waals surface area contributed by atoms with Crippen molar-refractivity contribution < 1.29 is 13.9 Å². The highest BCUT2D eigenvalue weighted by Crippen LogP contribution is 2.31. The summed E-state index contributed by atoms with van der Waals surface area (Å²) in [7, 11) is 1.80. The fourth-order valence-corrected chi connectivity index (χ4v) is 3.14. The zero-order valence-electron chi connectivity index (χ0n) is 13.7. The minimum Gasteiger partial charge on any atom is -0.480 e. The number of amides is 1. The van der Waals surface area contributed by atoms with Crippen LogP contribution in [0.15, 0.2) is 59.0 Å². The second-order valence-electron chi connectivity index (χ2n) is 6.23. The van der Waals surface area contributed by atoms with Gasteiger partial charge in [-0.2, -0.15) is 0 Å². The molecule has 1 aliphatic heterocycles. The molecular weight excluding hydrogens is 302 g/mol. The molecule has 0 fully saturated rings.